The molecule has 1 heterocycles. The molecule has 0 amide bonds. The number of aromatic nitrogens is 2. The summed E-state index contributed by atoms with van der Waals surface area (Å²) >= 11 is 5.59. The molecule has 4 nitrogen and oxygen atoms in total. The number of rotatable bonds is 3. The van der Waals surface area contributed by atoms with Crippen molar-refractivity contribution in [3.63, 3.8) is 0 Å². The van der Waals surface area contributed by atoms with E-state index in [9.17, 15) is 0 Å². The number of hydrogen-bond donors (Lipinski definition) is 1. The molecule has 5 heteroatoms. The Morgan fingerprint density at radius 1 is 1.67 bits per heavy atom. The largest absolute Gasteiger partial charge is 0.473 e. The molecule has 0 aromatic carbocycles. The normalized spacial score (nSPS) is 9.42. The van der Waals surface area contributed by atoms with Crippen molar-refractivity contribution in [2.24, 2.45) is 0 Å². The van der Waals surface area contributed by atoms with Crippen molar-refractivity contribution >= 4 is 17.5 Å². The van der Waals surface area contributed by atoms with Crippen LogP contribution in [0.15, 0.2) is 18.7 Å². The van der Waals surface area contributed by atoms with Crippen LogP contribution < -0.4 is 10.5 Å². The molecular formula is C7H8ClN3O. The summed E-state index contributed by atoms with van der Waals surface area (Å²) < 4.78 is 5.08. The van der Waals surface area contributed by atoms with Crippen LogP contribution in [0.2, 0.25) is 5.15 Å². The topological polar surface area (TPSA) is 61.0 Å². The summed E-state index contributed by atoms with van der Waals surface area (Å²) in [4.78, 5) is 7.45. The quantitative estimate of drug-likeness (QED) is 0.569. The number of nitrogen functional groups attached to an aromatic ring is 1. The molecule has 0 atom stereocenters. The van der Waals surface area contributed by atoms with E-state index in [4.69, 9.17) is 22.1 Å². The standard InChI is InChI=1S/C7H8ClN3O/c1-2-3-12-6-4-5(8)10-7(9)11-6/h2,4H,1,3H2,(H2,9,10,11). The smallest absolute Gasteiger partial charge is 0.224 e. The summed E-state index contributed by atoms with van der Waals surface area (Å²) in [6.45, 7) is 3.86. The molecule has 1 rings (SSSR count). The average molecular weight is 186 g/mol. The van der Waals surface area contributed by atoms with Gasteiger partial charge in [-0.1, -0.05) is 24.3 Å². The summed E-state index contributed by atoms with van der Waals surface area (Å²) in [7, 11) is 0. The zero-order valence-corrected chi connectivity index (χ0v) is 7.08. The van der Waals surface area contributed by atoms with Gasteiger partial charge < -0.3 is 10.5 Å². The zero-order chi connectivity index (χ0) is 8.97. The molecule has 2 N–H and O–H groups in total. The monoisotopic (exact) mass is 185 g/mol. The molecule has 0 spiro atoms. The highest BCUT2D eigenvalue weighted by atomic mass is 35.5. The van der Waals surface area contributed by atoms with E-state index in [-0.39, 0.29) is 11.1 Å². The molecule has 0 aliphatic rings. The van der Waals surface area contributed by atoms with Crippen LogP contribution in [-0.4, -0.2) is 16.6 Å². The van der Waals surface area contributed by atoms with Crippen LogP contribution in [0.3, 0.4) is 0 Å². The van der Waals surface area contributed by atoms with E-state index in [1.54, 1.807) is 6.08 Å². The number of nitrogens with zero attached hydrogens (tertiary/aromatic N) is 2. The van der Waals surface area contributed by atoms with Gasteiger partial charge in [-0.3, -0.25) is 0 Å². The summed E-state index contributed by atoms with van der Waals surface area (Å²) in [6, 6.07) is 1.49. The highest BCUT2D eigenvalue weighted by Crippen LogP contribution is 2.14. The van der Waals surface area contributed by atoms with Crippen molar-refractivity contribution in [1.29, 1.82) is 0 Å². The minimum absolute atomic E-state index is 0.0987. The lowest BCUT2D eigenvalue weighted by Gasteiger charge is -2.01. The third kappa shape index (κ3) is 2.39. The van der Waals surface area contributed by atoms with Crippen LogP contribution in [-0.2, 0) is 0 Å². The van der Waals surface area contributed by atoms with Crippen LogP contribution in [0.25, 0.3) is 0 Å². The molecule has 0 aliphatic heterocycles. The molecule has 0 fully saturated rings. The van der Waals surface area contributed by atoms with Crippen LogP contribution in [0.5, 0.6) is 5.88 Å². The number of halogens is 1. The minimum Gasteiger partial charge on any atom is -0.473 e. The van der Waals surface area contributed by atoms with Crippen LogP contribution >= 0.6 is 11.6 Å². The Morgan fingerprint density at radius 2 is 2.42 bits per heavy atom. The van der Waals surface area contributed by atoms with E-state index >= 15 is 0 Å². The Kier molecular flexibility index (Phi) is 2.88. The van der Waals surface area contributed by atoms with E-state index in [1.165, 1.54) is 6.07 Å². The molecule has 0 unspecified atom stereocenters. The predicted molar refractivity (Wildman–Crippen MR) is 47.1 cm³/mol. The Balaban J connectivity index is 2.78. The van der Waals surface area contributed by atoms with Crippen LogP contribution in [0.1, 0.15) is 0 Å². The van der Waals surface area contributed by atoms with E-state index in [1.807, 2.05) is 0 Å². The van der Waals surface area contributed by atoms with Gasteiger partial charge in [0, 0.05) is 6.07 Å². The summed E-state index contributed by atoms with van der Waals surface area (Å²) in [6.07, 6.45) is 1.60. The van der Waals surface area contributed by atoms with Crippen molar-refractivity contribution in [1.82, 2.24) is 9.97 Å². The SMILES string of the molecule is C=CCOc1cc(Cl)nc(N)n1. The molecule has 0 bridgehead atoms. The fourth-order valence-corrected chi connectivity index (χ4v) is 0.812. The summed E-state index contributed by atoms with van der Waals surface area (Å²) in [5, 5.41) is 0.265. The van der Waals surface area contributed by atoms with Crippen LogP contribution in [0, 0.1) is 0 Å². The van der Waals surface area contributed by atoms with Gasteiger partial charge in [-0.05, 0) is 0 Å². The first-order valence-electron chi connectivity index (χ1n) is 3.26. The highest BCUT2D eigenvalue weighted by Gasteiger charge is 1.99. The molecule has 12 heavy (non-hydrogen) atoms. The summed E-state index contributed by atoms with van der Waals surface area (Å²) in [5.74, 6) is 0.453. The Hall–Kier alpha value is -1.29. The van der Waals surface area contributed by atoms with Crippen molar-refractivity contribution in [2.45, 2.75) is 0 Å². The van der Waals surface area contributed by atoms with Gasteiger partial charge in [-0.15, -0.1) is 0 Å². The van der Waals surface area contributed by atoms with Gasteiger partial charge >= 0.3 is 0 Å². The van der Waals surface area contributed by atoms with Gasteiger partial charge in [-0.2, -0.15) is 4.98 Å². The second-order valence-corrected chi connectivity index (χ2v) is 2.37. The number of hydrogen-bond acceptors (Lipinski definition) is 4. The Labute approximate surface area is 75.0 Å². The second-order valence-electron chi connectivity index (χ2n) is 1.99. The molecule has 1 aromatic heterocycles. The first kappa shape index (κ1) is 8.80. The number of anilines is 1. The van der Waals surface area contributed by atoms with Crippen molar-refractivity contribution < 1.29 is 4.74 Å². The van der Waals surface area contributed by atoms with Gasteiger partial charge in [0.2, 0.25) is 11.8 Å². The van der Waals surface area contributed by atoms with E-state index in [2.05, 4.69) is 16.5 Å². The lowest BCUT2D eigenvalue weighted by Crippen LogP contribution is -2.00. The second kappa shape index (κ2) is 3.92. The fourth-order valence-electron chi connectivity index (χ4n) is 0.632. The third-order valence-electron chi connectivity index (χ3n) is 1.04. The molecule has 0 saturated heterocycles. The lowest BCUT2D eigenvalue weighted by atomic mass is 10.6. The Bertz CT molecular complexity index is 270. The van der Waals surface area contributed by atoms with Gasteiger partial charge in [0.05, 0.1) is 0 Å². The fraction of sp³-hybridized carbons (Fsp3) is 0.143. The number of ether oxygens (including phenoxy) is 1. The maximum atomic E-state index is 5.59. The molecular weight excluding hydrogens is 178 g/mol. The molecule has 1 aromatic rings. The van der Waals surface area contributed by atoms with Crippen molar-refractivity contribution in [3.8, 4) is 5.88 Å². The molecule has 0 aliphatic carbocycles. The zero-order valence-electron chi connectivity index (χ0n) is 6.33. The molecule has 0 radical (unpaired) electrons. The van der Waals surface area contributed by atoms with Gasteiger partial charge in [0.1, 0.15) is 11.8 Å². The number of nitrogens with two attached hydrogens (primary N) is 1. The third-order valence-corrected chi connectivity index (χ3v) is 1.23. The average Bonchev–Trinajstić information content (AvgIpc) is 1.99. The van der Waals surface area contributed by atoms with Crippen molar-refractivity contribution in [3.05, 3.63) is 23.9 Å². The van der Waals surface area contributed by atoms with E-state index < -0.39 is 0 Å². The first-order valence-corrected chi connectivity index (χ1v) is 3.64. The van der Waals surface area contributed by atoms with Crippen LogP contribution in [0.4, 0.5) is 5.95 Å². The van der Waals surface area contributed by atoms with E-state index in [0.717, 1.165) is 0 Å². The van der Waals surface area contributed by atoms with Gasteiger partial charge in [0.25, 0.3) is 0 Å². The molecule has 64 valence electrons. The highest BCUT2D eigenvalue weighted by molar-refractivity contribution is 6.29. The lowest BCUT2D eigenvalue weighted by molar-refractivity contribution is 0.348. The van der Waals surface area contributed by atoms with Gasteiger partial charge in [-0.25, -0.2) is 4.98 Å². The van der Waals surface area contributed by atoms with Crippen molar-refractivity contribution in [2.75, 3.05) is 12.3 Å². The summed E-state index contributed by atoms with van der Waals surface area (Å²) in [5.41, 5.74) is 5.32. The first-order chi connectivity index (χ1) is 5.72. The molecule has 0 saturated carbocycles. The van der Waals surface area contributed by atoms with Gasteiger partial charge in [0.15, 0.2) is 0 Å². The predicted octanol–water partition coefficient (Wildman–Crippen LogP) is 1.28. The maximum absolute atomic E-state index is 5.59. The maximum Gasteiger partial charge on any atom is 0.224 e. The minimum atomic E-state index is 0.0987. The van der Waals surface area contributed by atoms with E-state index in [0.29, 0.717) is 12.5 Å². The Morgan fingerprint density at radius 3 is 3.00 bits per heavy atom.